The van der Waals surface area contributed by atoms with Crippen LogP contribution in [0, 0.1) is 13.8 Å². The summed E-state index contributed by atoms with van der Waals surface area (Å²) in [6.07, 6.45) is 0. The summed E-state index contributed by atoms with van der Waals surface area (Å²) in [6, 6.07) is 10.4. The smallest absolute Gasteiger partial charge is 0.234 e. The van der Waals surface area contributed by atoms with E-state index in [1.165, 1.54) is 0 Å². The zero-order valence-electron chi connectivity index (χ0n) is 14.0. The Morgan fingerprint density at radius 2 is 1.96 bits per heavy atom. The average molecular weight is 330 g/mol. The Bertz CT molecular complexity index is 687. The van der Waals surface area contributed by atoms with Gasteiger partial charge in [0.25, 0.3) is 0 Å². The standard InChI is InChI=1S/C18H22N2O2S/c1-12-9-16(22-13(12)2)18-20(17(21)11-23-18)10-14-5-7-15(8-6-14)19(3)4/h5-9,18H,10-11H2,1-4H3. The molecule has 1 aromatic carbocycles. The zero-order valence-corrected chi connectivity index (χ0v) is 14.8. The Morgan fingerprint density at radius 1 is 1.26 bits per heavy atom. The van der Waals surface area contributed by atoms with E-state index in [4.69, 9.17) is 4.42 Å². The molecule has 1 aliphatic rings. The minimum atomic E-state index is -0.0246. The van der Waals surface area contributed by atoms with Gasteiger partial charge in [-0.3, -0.25) is 4.79 Å². The zero-order chi connectivity index (χ0) is 16.6. The molecule has 1 saturated heterocycles. The summed E-state index contributed by atoms with van der Waals surface area (Å²) in [7, 11) is 4.04. The number of hydrogen-bond acceptors (Lipinski definition) is 4. The van der Waals surface area contributed by atoms with Crippen molar-refractivity contribution in [2.45, 2.75) is 25.8 Å². The summed E-state index contributed by atoms with van der Waals surface area (Å²) >= 11 is 1.64. The van der Waals surface area contributed by atoms with Crippen molar-refractivity contribution in [2.24, 2.45) is 0 Å². The summed E-state index contributed by atoms with van der Waals surface area (Å²) in [5.41, 5.74) is 3.43. The SMILES string of the molecule is Cc1cc(C2SCC(=O)N2Cc2ccc(N(C)C)cc2)oc1C. The van der Waals surface area contributed by atoms with Crippen molar-refractivity contribution >= 4 is 23.4 Å². The molecule has 0 bridgehead atoms. The molecule has 122 valence electrons. The monoisotopic (exact) mass is 330 g/mol. The van der Waals surface area contributed by atoms with Crippen LogP contribution >= 0.6 is 11.8 Å². The normalized spacial score (nSPS) is 17.8. The predicted molar refractivity (Wildman–Crippen MR) is 94.7 cm³/mol. The summed E-state index contributed by atoms with van der Waals surface area (Å²) < 4.78 is 5.84. The summed E-state index contributed by atoms with van der Waals surface area (Å²) in [5, 5.41) is -0.0246. The number of aryl methyl sites for hydroxylation is 2. The van der Waals surface area contributed by atoms with Gasteiger partial charge in [-0.1, -0.05) is 12.1 Å². The van der Waals surface area contributed by atoms with Gasteiger partial charge in [0, 0.05) is 26.3 Å². The van der Waals surface area contributed by atoms with Crippen LogP contribution in [0.15, 0.2) is 34.7 Å². The number of amides is 1. The molecule has 0 saturated carbocycles. The number of hydrogen-bond donors (Lipinski definition) is 0. The average Bonchev–Trinajstić information content (AvgIpc) is 3.03. The Balaban J connectivity index is 1.80. The van der Waals surface area contributed by atoms with Crippen molar-refractivity contribution in [2.75, 3.05) is 24.7 Å². The van der Waals surface area contributed by atoms with Gasteiger partial charge in [0.2, 0.25) is 5.91 Å². The van der Waals surface area contributed by atoms with Crippen molar-refractivity contribution in [3.05, 3.63) is 53.0 Å². The number of nitrogens with zero attached hydrogens (tertiary/aromatic N) is 2. The van der Waals surface area contributed by atoms with Gasteiger partial charge in [0.05, 0.1) is 5.75 Å². The van der Waals surface area contributed by atoms with Crippen molar-refractivity contribution in [1.29, 1.82) is 0 Å². The van der Waals surface area contributed by atoms with E-state index in [0.29, 0.717) is 12.3 Å². The lowest BCUT2D eigenvalue weighted by Gasteiger charge is -2.23. The van der Waals surface area contributed by atoms with Crippen molar-refractivity contribution in [3.8, 4) is 0 Å². The Kier molecular flexibility index (Phi) is 4.39. The van der Waals surface area contributed by atoms with E-state index in [1.54, 1.807) is 11.8 Å². The van der Waals surface area contributed by atoms with Gasteiger partial charge < -0.3 is 14.2 Å². The van der Waals surface area contributed by atoms with Gasteiger partial charge in [-0.2, -0.15) is 0 Å². The van der Waals surface area contributed by atoms with Crippen LogP contribution in [-0.4, -0.2) is 30.7 Å². The molecule has 1 aliphatic heterocycles. The molecule has 1 amide bonds. The third-order valence-electron chi connectivity index (χ3n) is 4.20. The van der Waals surface area contributed by atoms with Crippen LogP contribution in [0.3, 0.4) is 0 Å². The highest BCUT2D eigenvalue weighted by Crippen LogP contribution is 2.40. The molecular formula is C18H22N2O2S. The lowest BCUT2D eigenvalue weighted by Crippen LogP contribution is -2.27. The molecule has 0 spiro atoms. The van der Waals surface area contributed by atoms with Crippen LogP contribution in [0.25, 0.3) is 0 Å². The Hall–Kier alpha value is -1.88. The van der Waals surface area contributed by atoms with Gasteiger partial charge in [0.1, 0.15) is 16.9 Å². The van der Waals surface area contributed by atoms with Crippen molar-refractivity contribution in [3.63, 3.8) is 0 Å². The van der Waals surface area contributed by atoms with Gasteiger partial charge in [0.15, 0.2) is 0 Å². The highest BCUT2D eigenvalue weighted by Gasteiger charge is 2.35. The van der Waals surface area contributed by atoms with Crippen molar-refractivity contribution in [1.82, 2.24) is 4.90 Å². The highest BCUT2D eigenvalue weighted by molar-refractivity contribution is 8.00. The Morgan fingerprint density at radius 3 is 2.52 bits per heavy atom. The van der Waals surface area contributed by atoms with Gasteiger partial charge in [-0.05, 0) is 43.2 Å². The Labute approximate surface area is 141 Å². The second-order valence-corrected chi connectivity index (χ2v) is 7.20. The van der Waals surface area contributed by atoms with Crippen LogP contribution in [0.1, 0.15) is 28.0 Å². The van der Waals surface area contributed by atoms with E-state index >= 15 is 0 Å². The highest BCUT2D eigenvalue weighted by atomic mass is 32.2. The van der Waals surface area contributed by atoms with E-state index < -0.39 is 0 Å². The predicted octanol–water partition coefficient (Wildman–Crippen LogP) is 3.74. The largest absolute Gasteiger partial charge is 0.463 e. The number of carbonyl (C=O) groups is 1. The molecule has 4 nitrogen and oxygen atoms in total. The number of carbonyl (C=O) groups excluding carboxylic acids is 1. The first-order valence-electron chi connectivity index (χ1n) is 7.70. The van der Waals surface area contributed by atoms with Gasteiger partial charge in [-0.25, -0.2) is 0 Å². The molecular weight excluding hydrogens is 308 g/mol. The number of anilines is 1. The maximum absolute atomic E-state index is 12.3. The van der Waals surface area contributed by atoms with E-state index in [2.05, 4.69) is 29.2 Å². The minimum absolute atomic E-state index is 0.0246. The van der Waals surface area contributed by atoms with E-state index in [9.17, 15) is 4.79 Å². The molecule has 1 atom stereocenters. The number of thioether (sulfide) groups is 1. The first kappa shape index (κ1) is 16.0. The lowest BCUT2D eigenvalue weighted by atomic mass is 10.2. The fourth-order valence-electron chi connectivity index (χ4n) is 2.68. The second kappa shape index (κ2) is 6.32. The van der Waals surface area contributed by atoms with Crippen LogP contribution < -0.4 is 4.90 Å². The molecule has 1 fully saturated rings. The maximum atomic E-state index is 12.3. The first-order valence-corrected chi connectivity index (χ1v) is 8.75. The molecule has 0 aliphatic carbocycles. The quantitative estimate of drug-likeness (QED) is 0.856. The summed E-state index contributed by atoms with van der Waals surface area (Å²) in [4.78, 5) is 16.3. The second-order valence-electron chi connectivity index (χ2n) is 6.13. The molecule has 1 unspecified atom stereocenters. The van der Waals surface area contributed by atoms with Crippen LogP contribution in [-0.2, 0) is 11.3 Å². The van der Waals surface area contributed by atoms with E-state index in [0.717, 1.165) is 28.3 Å². The number of benzene rings is 1. The third kappa shape index (κ3) is 3.24. The summed E-state index contributed by atoms with van der Waals surface area (Å²) in [6.45, 7) is 4.61. The number of furan rings is 1. The van der Waals surface area contributed by atoms with Gasteiger partial charge in [-0.15, -0.1) is 11.8 Å². The third-order valence-corrected chi connectivity index (χ3v) is 5.42. The van der Waals surface area contributed by atoms with Gasteiger partial charge >= 0.3 is 0 Å². The fourth-order valence-corrected chi connectivity index (χ4v) is 3.80. The van der Waals surface area contributed by atoms with Crippen LogP contribution in [0.4, 0.5) is 5.69 Å². The molecule has 3 rings (SSSR count). The minimum Gasteiger partial charge on any atom is -0.463 e. The van der Waals surface area contributed by atoms with E-state index in [1.807, 2.05) is 38.9 Å². The fraction of sp³-hybridized carbons (Fsp3) is 0.389. The van der Waals surface area contributed by atoms with Crippen molar-refractivity contribution < 1.29 is 9.21 Å². The van der Waals surface area contributed by atoms with Crippen LogP contribution in [0.5, 0.6) is 0 Å². The topological polar surface area (TPSA) is 36.7 Å². The number of rotatable bonds is 4. The first-order chi connectivity index (χ1) is 11.0. The molecule has 0 N–H and O–H groups in total. The molecule has 1 aromatic heterocycles. The maximum Gasteiger partial charge on any atom is 0.234 e. The molecule has 0 radical (unpaired) electrons. The molecule has 2 heterocycles. The molecule has 23 heavy (non-hydrogen) atoms. The lowest BCUT2D eigenvalue weighted by molar-refractivity contribution is -0.128. The summed E-state index contributed by atoms with van der Waals surface area (Å²) in [5.74, 6) is 2.48. The molecule has 5 heteroatoms. The molecule has 2 aromatic rings. The van der Waals surface area contributed by atoms with Crippen LogP contribution in [0.2, 0.25) is 0 Å². The van der Waals surface area contributed by atoms with E-state index in [-0.39, 0.29) is 11.3 Å².